The Hall–Kier alpha value is -2.30. The van der Waals surface area contributed by atoms with Crippen LogP contribution in [0.3, 0.4) is 0 Å². The van der Waals surface area contributed by atoms with E-state index in [0.717, 1.165) is 16.9 Å². The molecule has 2 aromatic rings. The van der Waals surface area contributed by atoms with Crippen LogP contribution in [0.4, 0.5) is 5.69 Å². The van der Waals surface area contributed by atoms with Gasteiger partial charge in [0.2, 0.25) is 5.91 Å². The van der Waals surface area contributed by atoms with E-state index in [2.05, 4.69) is 21.4 Å². The van der Waals surface area contributed by atoms with E-state index in [1.54, 1.807) is 31.4 Å². The number of carbonyl (C=O) groups is 1. The number of hydrogen-bond acceptors (Lipinski definition) is 3. The molecule has 1 heterocycles. The molecule has 1 aromatic carbocycles. The highest BCUT2D eigenvalue weighted by atomic mass is 16.2. The average molecular weight is 258 g/mol. The monoisotopic (exact) mass is 258 g/mol. The number of benzene rings is 1. The van der Waals surface area contributed by atoms with Gasteiger partial charge in [0.15, 0.2) is 0 Å². The largest absolute Gasteiger partial charge is 0.379 e. The van der Waals surface area contributed by atoms with Crippen molar-refractivity contribution in [2.45, 2.75) is 20.0 Å². The minimum atomic E-state index is 0.0656. The second-order valence-electron chi connectivity index (χ2n) is 4.51. The van der Waals surface area contributed by atoms with Crippen molar-refractivity contribution in [2.75, 3.05) is 12.4 Å². The standard InChI is InChI=1S/C14H18N4O/c1-11(19)18(2)9-12-4-3-5-13(6-12)16-8-14-7-15-10-17-14/h3-7,10,16H,8-9H2,1-2H3,(H,15,17). The minimum Gasteiger partial charge on any atom is -0.379 e. The quantitative estimate of drug-likeness (QED) is 0.862. The Morgan fingerprint density at radius 3 is 3.00 bits per heavy atom. The topological polar surface area (TPSA) is 61.0 Å². The van der Waals surface area contributed by atoms with Crippen LogP contribution in [0.5, 0.6) is 0 Å². The van der Waals surface area contributed by atoms with Crippen molar-refractivity contribution >= 4 is 11.6 Å². The van der Waals surface area contributed by atoms with Crippen molar-refractivity contribution in [2.24, 2.45) is 0 Å². The molecule has 2 N–H and O–H groups in total. The van der Waals surface area contributed by atoms with Gasteiger partial charge in [-0.25, -0.2) is 4.98 Å². The summed E-state index contributed by atoms with van der Waals surface area (Å²) in [4.78, 5) is 19.9. The molecule has 0 bridgehead atoms. The molecule has 0 aliphatic carbocycles. The molecule has 0 unspecified atom stereocenters. The number of nitrogens with zero attached hydrogens (tertiary/aromatic N) is 2. The molecule has 19 heavy (non-hydrogen) atoms. The summed E-state index contributed by atoms with van der Waals surface area (Å²) in [6, 6.07) is 8.06. The van der Waals surface area contributed by atoms with Gasteiger partial charge < -0.3 is 15.2 Å². The number of nitrogens with one attached hydrogen (secondary N) is 2. The summed E-state index contributed by atoms with van der Waals surface area (Å²) in [5.74, 6) is 0.0656. The molecule has 0 aliphatic heterocycles. The molecule has 5 nitrogen and oxygen atoms in total. The van der Waals surface area contributed by atoms with Gasteiger partial charge in [0, 0.05) is 32.4 Å². The number of amides is 1. The van der Waals surface area contributed by atoms with Gasteiger partial charge in [-0.1, -0.05) is 12.1 Å². The van der Waals surface area contributed by atoms with Gasteiger partial charge in [-0.15, -0.1) is 0 Å². The number of aromatic amines is 1. The van der Waals surface area contributed by atoms with E-state index in [4.69, 9.17) is 0 Å². The van der Waals surface area contributed by atoms with Crippen LogP contribution in [0.1, 0.15) is 18.2 Å². The van der Waals surface area contributed by atoms with Crippen LogP contribution in [0, 0.1) is 0 Å². The van der Waals surface area contributed by atoms with Crippen molar-refractivity contribution in [3.05, 3.63) is 48.0 Å². The first-order valence-electron chi connectivity index (χ1n) is 6.17. The van der Waals surface area contributed by atoms with E-state index in [9.17, 15) is 4.79 Å². The van der Waals surface area contributed by atoms with Crippen LogP contribution in [0.25, 0.3) is 0 Å². The molecule has 0 saturated carbocycles. The van der Waals surface area contributed by atoms with E-state index < -0.39 is 0 Å². The molecule has 0 fully saturated rings. The summed E-state index contributed by atoms with van der Waals surface area (Å²) in [7, 11) is 1.80. The maximum absolute atomic E-state index is 11.2. The lowest BCUT2D eigenvalue weighted by Crippen LogP contribution is -2.23. The third-order valence-corrected chi connectivity index (χ3v) is 2.92. The fourth-order valence-corrected chi connectivity index (χ4v) is 1.74. The summed E-state index contributed by atoms with van der Waals surface area (Å²) in [5, 5.41) is 3.32. The van der Waals surface area contributed by atoms with Crippen molar-refractivity contribution < 1.29 is 4.79 Å². The van der Waals surface area contributed by atoms with Crippen LogP contribution in [-0.2, 0) is 17.9 Å². The Morgan fingerprint density at radius 2 is 2.32 bits per heavy atom. The Balaban J connectivity index is 1.96. The average Bonchev–Trinajstić information content (AvgIpc) is 2.90. The van der Waals surface area contributed by atoms with Crippen molar-refractivity contribution in [1.82, 2.24) is 14.9 Å². The molecule has 5 heteroatoms. The van der Waals surface area contributed by atoms with Crippen molar-refractivity contribution in [1.29, 1.82) is 0 Å². The summed E-state index contributed by atoms with van der Waals surface area (Å²) >= 11 is 0. The van der Waals surface area contributed by atoms with Gasteiger partial charge in [0.25, 0.3) is 0 Å². The second-order valence-corrected chi connectivity index (χ2v) is 4.51. The zero-order chi connectivity index (χ0) is 13.7. The molecule has 100 valence electrons. The molecule has 1 aromatic heterocycles. The molecular formula is C14H18N4O. The predicted octanol–water partition coefficient (Wildman–Crippen LogP) is 2.00. The van der Waals surface area contributed by atoms with Crippen LogP contribution in [-0.4, -0.2) is 27.8 Å². The number of aromatic nitrogens is 2. The van der Waals surface area contributed by atoms with Gasteiger partial charge in [0.1, 0.15) is 0 Å². The lowest BCUT2D eigenvalue weighted by molar-refractivity contribution is -0.128. The van der Waals surface area contributed by atoms with E-state index in [1.165, 1.54) is 0 Å². The van der Waals surface area contributed by atoms with Gasteiger partial charge in [0.05, 0.1) is 18.6 Å². The minimum absolute atomic E-state index is 0.0656. The van der Waals surface area contributed by atoms with Crippen LogP contribution in [0.15, 0.2) is 36.8 Å². The van der Waals surface area contributed by atoms with Crippen molar-refractivity contribution in [3.8, 4) is 0 Å². The highest BCUT2D eigenvalue weighted by Crippen LogP contribution is 2.13. The predicted molar refractivity (Wildman–Crippen MR) is 74.5 cm³/mol. The fraction of sp³-hybridized carbons (Fsp3) is 0.286. The lowest BCUT2D eigenvalue weighted by atomic mass is 10.2. The molecular weight excluding hydrogens is 240 g/mol. The Bertz CT molecular complexity index is 536. The fourth-order valence-electron chi connectivity index (χ4n) is 1.74. The molecule has 2 rings (SSSR count). The number of imidazole rings is 1. The van der Waals surface area contributed by atoms with E-state index in [-0.39, 0.29) is 5.91 Å². The Labute approximate surface area is 112 Å². The first-order chi connectivity index (χ1) is 9.15. The maximum Gasteiger partial charge on any atom is 0.219 e. The summed E-state index contributed by atoms with van der Waals surface area (Å²) in [5.41, 5.74) is 3.17. The first-order valence-corrected chi connectivity index (χ1v) is 6.17. The van der Waals surface area contributed by atoms with Crippen LogP contribution < -0.4 is 5.32 Å². The SMILES string of the molecule is CC(=O)N(C)Cc1cccc(NCc2cnc[nH]2)c1. The third-order valence-electron chi connectivity index (χ3n) is 2.92. The number of carbonyl (C=O) groups excluding carboxylic acids is 1. The summed E-state index contributed by atoms with van der Waals surface area (Å²) in [6.45, 7) is 2.89. The third kappa shape index (κ3) is 3.84. The van der Waals surface area contributed by atoms with Gasteiger partial charge >= 0.3 is 0 Å². The van der Waals surface area contributed by atoms with E-state index in [1.807, 2.05) is 18.2 Å². The van der Waals surface area contributed by atoms with Crippen molar-refractivity contribution in [3.63, 3.8) is 0 Å². The zero-order valence-corrected chi connectivity index (χ0v) is 11.2. The van der Waals surface area contributed by atoms with Gasteiger partial charge in [-0.05, 0) is 17.7 Å². The molecule has 0 atom stereocenters. The van der Waals surface area contributed by atoms with Crippen LogP contribution in [0.2, 0.25) is 0 Å². The smallest absolute Gasteiger partial charge is 0.219 e. The molecule has 0 aliphatic rings. The number of rotatable bonds is 5. The second kappa shape index (κ2) is 6.04. The highest BCUT2D eigenvalue weighted by molar-refractivity contribution is 5.72. The van der Waals surface area contributed by atoms with Gasteiger partial charge in [-0.3, -0.25) is 4.79 Å². The van der Waals surface area contributed by atoms with E-state index in [0.29, 0.717) is 13.1 Å². The molecule has 0 radical (unpaired) electrons. The first kappa shape index (κ1) is 13.1. The van der Waals surface area contributed by atoms with Crippen LogP contribution >= 0.6 is 0 Å². The number of anilines is 1. The number of H-pyrrole nitrogens is 1. The molecule has 0 saturated heterocycles. The summed E-state index contributed by atoms with van der Waals surface area (Å²) in [6.07, 6.45) is 3.45. The number of hydrogen-bond donors (Lipinski definition) is 2. The Morgan fingerprint density at radius 1 is 1.47 bits per heavy atom. The maximum atomic E-state index is 11.2. The highest BCUT2D eigenvalue weighted by Gasteiger charge is 2.04. The molecule has 0 spiro atoms. The summed E-state index contributed by atoms with van der Waals surface area (Å²) < 4.78 is 0. The molecule has 1 amide bonds. The Kier molecular flexibility index (Phi) is 4.18. The zero-order valence-electron chi connectivity index (χ0n) is 11.2. The lowest BCUT2D eigenvalue weighted by Gasteiger charge is -2.15. The van der Waals surface area contributed by atoms with Gasteiger partial charge in [-0.2, -0.15) is 0 Å². The normalized spacial score (nSPS) is 10.2. The van der Waals surface area contributed by atoms with E-state index >= 15 is 0 Å².